The second-order valence-electron chi connectivity index (χ2n) is 8.21. The highest BCUT2D eigenvalue weighted by molar-refractivity contribution is 6.07. The lowest BCUT2D eigenvalue weighted by Crippen LogP contribution is -2.35. The van der Waals surface area contributed by atoms with Crippen LogP contribution in [0.3, 0.4) is 0 Å². The number of amides is 1. The van der Waals surface area contributed by atoms with Crippen LogP contribution >= 0.6 is 0 Å². The van der Waals surface area contributed by atoms with E-state index in [1.165, 1.54) is 28.8 Å². The van der Waals surface area contributed by atoms with Gasteiger partial charge in [-0.2, -0.15) is 0 Å². The summed E-state index contributed by atoms with van der Waals surface area (Å²) >= 11 is 0. The maximum atomic E-state index is 13.2. The molecule has 0 saturated heterocycles. The van der Waals surface area contributed by atoms with Gasteiger partial charge in [0.25, 0.3) is 5.91 Å². The maximum Gasteiger partial charge on any atom is 0.258 e. The van der Waals surface area contributed by atoms with E-state index in [1.54, 1.807) is 0 Å². The molecule has 0 N–H and O–H groups in total. The van der Waals surface area contributed by atoms with E-state index in [4.69, 9.17) is 0 Å². The lowest BCUT2D eigenvalue weighted by Gasteiger charge is -2.31. The van der Waals surface area contributed by atoms with Crippen molar-refractivity contribution in [3.05, 3.63) is 95.1 Å². The van der Waals surface area contributed by atoms with E-state index in [0.29, 0.717) is 0 Å². The number of carbonyl (C=O) groups is 1. The fraction of sp³-hybridized carbons (Fsp3) is 0.269. The predicted molar refractivity (Wildman–Crippen MR) is 119 cm³/mol. The second kappa shape index (κ2) is 7.40. The first kappa shape index (κ1) is 18.0. The lowest BCUT2D eigenvalue weighted by molar-refractivity contribution is 0.0981. The molecule has 1 amide bonds. The number of hydrogen-bond acceptors (Lipinski definition) is 2. The van der Waals surface area contributed by atoms with Gasteiger partial charge >= 0.3 is 0 Å². The Morgan fingerprint density at radius 3 is 2.38 bits per heavy atom. The third kappa shape index (κ3) is 3.31. The Morgan fingerprint density at radius 1 is 0.897 bits per heavy atom. The minimum Gasteiger partial charge on any atom is -0.367 e. The number of carbonyl (C=O) groups excluding carboxylic acids is 1. The molecular weight excluding hydrogens is 356 g/mol. The van der Waals surface area contributed by atoms with Crippen LogP contribution in [-0.2, 0) is 19.4 Å². The molecule has 3 nitrogen and oxygen atoms in total. The third-order valence-corrected chi connectivity index (χ3v) is 6.21. The van der Waals surface area contributed by atoms with E-state index in [2.05, 4.69) is 60.4 Å². The first-order valence-electron chi connectivity index (χ1n) is 10.5. The number of para-hydroxylation sites is 2. The fourth-order valence-electron chi connectivity index (χ4n) is 4.76. The fourth-order valence-corrected chi connectivity index (χ4v) is 4.76. The predicted octanol–water partition coefficient (Wildman–Crippen LogP) is 5.23. The van der Waals surface area contributed by atoms with Gasteiger partial charge in [-0.25, -0.2) is 0 Å². The number of rotatable bonds is 3. The molecule has 0 aliphatic carbocycles. The van der Waals surface area contributed by atoms with Crippen LogP contribution in [0.4, 0.5) is 11.4 Å². The summed E-state index contributed by atoms with van der Waals surface area (Å²) in [7, 11) is 0. The number of benzene rings is 3. The molecule has 5 rings (SSSR count). The van der Waals surface area contributed by atoms with Crippen LogP contribution in [0.5, 0.6) is 0 Å². The molecule has 1 unspecified atom stereocenters. The van der Waals surface area contributed by atoms with Crippen LogP contribution in [0, 0.1) is 0 Å². The van der Waals surface area contributed by atoms with E-state index < -0.39 is 0 Å². The summed E-state index contributed by atoms with van der Waals surface area (Å²) in [5.41, 5.74) is 7.10. The minimum atomic E-state index is 0.0947. The second-order valence-corrected chi connectivity index (χ2v) is 8.21. The molecule has 3 heteroatoms. The van der Waals surface area contributed by atoms with Crippen molar-refractivity contribution < 1.29 is 4.79 Å². The van der Waals surface area contributed by atoms with Crippen molar-refractivity contribution in [1.29, 1.82) is 0 Å². The molecule has 3 aromatic carbocycles. The van der Waals surface area contributed by atoms with Crippen LogP contribution in [0.25, 0.3) is 0 Å². The average molecular weight is 383 g/mol. The Balaban J connectivity index is 1.34. The van der Waals surface area contributed by atoms with Crippen molar-refractivity contribution in [3.8, 4) is 0 Å². The van der Waals surface area contributed by atoms with Crippen molar-refractivity contribution >= 4 is 17.3 Å². The van der Waals surface area contributed by atoms with E-state index in [9.17, 15) is 4.79 Å². The quantitative estimate of drug-likeness (QED) is 0.619. The zero-order chi connectivity index (χ0) is 19.8. The Bertz CT molecular complexity index is 1040. The van der Waals surface area contributed by atoms with Gasteiger partial charge in [-0.3, -0.25) is 4.79 Å². The van der Waals surface area contributed by atoms with Crippen LogP contribution in [0.2, 0.25) is 0 Å². The lowest BCUT2D eigenvalue weighted by atomic mass is 10.0. The van der Waals surface area contributed by atoms with Crippen LogP contribution in [0.1, 0.15) is 40.4 Å². The smallest absolute Gasteiger partial charge is 0.258 e. The van der Waals surface area contributed by atoms with E-state index >= 15 is 0 Å². The van der Waals surface area contributed by atoms with Crippen molar-refractivity contribution in [2.24, 2.45) is 0 Å². The van der Waals surface area contributed by atoms with Gasteiger partial charge < -0.3 is 9.80 Å². The standard InChI is InChI=1S/C26H26N2O/c1-19-17-23-8-3-5-11-25(23)28(19)26(29)22-14-12-20(13-15-22)18-27-16-6-9-21-7-2-4-10-24(21)27/h2-5,7-8,10-15,19H,6,9,16-18H2,1H3. The molecule has 0 fully saturated rings. The zero-order valence-corrected chi connectivity index (χ0v) is 16.8. The molecule has 2 heterocycles. The van der Waals surface area contributed by atoms with Gasteiger partial charge in [0.15, 0.2) is 0 Å². The first-order chi connectivity index (χ1) is 14.2. The van der Waals surface area contributed by atoms with Crippen molar-refractivity contribution in [2.45, 2.75) is 38.8 Å². The van der Waals surface area contributed by atoms with Crippen molar-refractivity contribution in [1.82, 2.24) is 0 Å². The topological polar surface area (TPSA) is 23.6 Å². The van der Waals surface area contributed by atoms with Gasteiger partial charge in [0.05, 0.1) is 0 Å². The third-order valence-electron chi connectivity index (χ3n) is 6.21. The molecule has 29 heavy (non-hydrogen) atoms. The molecule has 0 aromatic heterocycles. The maximum absolute atomic E-state index is 13.2. The molecule has 2 aliphatic heterocycles. The highest BCUT2D eigenvalue weighted by Gasteiger charge is 2.31. The van der Waals surface area contributed by atoms with Crippen molar-refractivity contribution in [2.75, 3.05) is 16.3 Å². The summed E-state index contributed by atoms with van der Waals surface area (Å²) in [5.74, 6) is 0.0947. The van der Waals surface area contributed by atoms with Crippen LogP contribution < -0.4 is 9.80 Å². The number of aryl methyl sites for hydroxylation is 1. The number of nitrogens with zero attached hydrogens (tertiary/aromatic N) is 2. The van der Waals surface area contributed by atoms with Crippen LogP contribution in [0.15, 0.2) is 72.8 Å². The van der Waals surface area contributed by atoms with Gasteiger partial charge in [0.1, 0.15) is 0 Å². The summed E-state index contributed by atoms with van der Waals surface area (Å²) in [6.07, 6.45) is 3.28. The average Bonchev–Trinajstić information content (AvgIpc) is 3.10. The van der Waals surface area contributed by atoms with E-state index in [0.717, 1.165) is 37.2 Å². The Morgan fingerprint density at radius 2 is 1.59 bits per heavy atom. The van der Waals surface area contributed by atoms with Crippen LogP contribution in [-0.4, -0.2) is 18.5 Å². The highest BCUT2D eigenvalue weighted by Crippen LogP contribution is 2.33. The molecule has 0 bridgehead atoms. The molecular formula is C26H26N2O. The molecule has 146 valence electrons. The minimum absolute atomic E-state index is 0.0947. The Hall–Kier alpha value is -3.07. The number of anilines is 2. The normalized spacial score (nSPS) is 17.8. The number of fused-ring (bicyclic) bond motifs is 2. The first-order valence-corrected chi connectivity index (χ1v) is 10.5. The van der Waals surface area contributed by atoms with Gasteiger partial charge in [-0.15, -0.1) is 0 Å². The molecule has 2 aliphatic rings. The summed E-state index contributed by atoms with van der Waals surface area (Å²) in [6, 6.07) is 25.3. The summed E-state index contributed by atoms with van der Waals surface area (Å²) in [6.45, 7) is 4.09. The summed E-state index contributed by atoms with van der Waals surface area (Å²) < 4.78 is 0. The molecule has 0 saturated carbocycles. The van der Waals surface area contributed by atoms with E-state index in [-0.39, 0.29) is 11.9 Å². The van der Waals surface area contributed by atoms with Gasteiger partial charge in [0, 0.05) is 36.1 Å². The van der Waals surface area contributed by atoms with Crippen molar-refractivity contribution in [3.63, 3.8) is 0 Å². The monoisotopic (exact) mass is 382 g/mol. The number of hydrogen-bond donors (Lipinski definition) is 0. The Labute approximate surface area is 172 Å². The molecule has 3 aromatic rings. The Kier molecular flexibility index (Phi) is 4.59. The molecule has 1 atom stereocenters. The van der Waals surface area contributed by atoms with Gasteiger partial charge in [0.2, 0.25) is 0 Å². The van der Waals surface area contributed by atoms with Gasteiger partial charge in [-0.1, -0.05) is 48.5 Å². The SMILES string of the molecule is CC1Cc2ccccc2N1C(=O)c1ccc(CN2CCCc3ccccc32)cc1. The highest BCUT2D eigenvalue weighted by atomic mass is 16.2. The van der Waals surface area contributed by atoms with E-state index in [1.807, 2.05) is 29.2 Å². The summed E-state index contributed by atoms with van der Waals surface area (Å²) in [4.78, 5) is 17.6. The summed E-state index contributed by atoms with van der Waals surface area (Å²) in [5, 5.41) is 0. The molecule has 0 radical (unpaired) electrons. The van der Waals surface area contributed by atoms with Gasteiger partial charge in [-0.05, 0) is 67.1 Å². The zero-order valence-electron chi connectivity index (χ0n) is 16.8. The largest absolute Gasteiger partial charge is 0.367 e. The molecule has 0 spiro atoms.